The molecule has 2 aromatic rings. The Morgan fingerprint density at radius 2 is 2.00 bits per heavy atom. The fraction of sp³-hybridized carbons (Fsp3) is 0.455. The maximum Gasteiger partial charge on any atom is 0.208 e. The third-order valence-electron chi connectivity index (χ3n) is 2.18. The summed E-state index contributed by atoms with van der Waals surface area (Å²) < 4.78 is 0.841. The van der Waals surface area contributed by atoms with E-state index in [1.165, 1.54) is 23.1 Å². The summed E-state index contributed by atoms with van der Waals surface area (Å²) in [4.78, 5) is 10.6. The molecule has 0 aromatic carbocycles. The van der Waals surface area contributed by atoms with E-state index in [-0.39, 0.29) is 5.92 Å². The summed E-state index contributed by atoms with van der Waals surface area (Å²) >= 11 is 8.98. The van der Waals surface area contributed by atoms with Crippen molar-refractivity contribution >= 4 is 39.8 Å². The Morgan fingerprint density at radius 1 is 1.26 bits per heavy atom. The van der Waals surface area contributed by atoms with Crippen LogP contribution < -0.4 is 4.90 Å². The van der Waals surface area contributed by atoms with Gasteiger partial charge in [-0.05, 0) is 11.8 Å². The first kappa shape index (κ1) is 14.5. The highest BCUT2D eigenvalue weighted by Gasteiger charge is 2.11. The van der Waals surface area contributed by atoms with Gasteiger partial charge in [0.15, 0.2) is 4.34 Å². The summed E-state index contributed by atoms with van der Waals surface area (Å²) in [6.45, 7) is 4.07. The van der Waals surface area contributed by atoms with Crippen LogP contribution in [0.2, 0.25) is 5.15 Å². The molecule has 0 saturated heterocycles. The van der Waals surface area contributed by atoms with Gasteiger partial charge in [-0.3, -0.25) is 0 Å². The van der Waals surface area contributed by atoms with Gasteiger partial charge in [0.1, 0.15) is 16.0 Å². The molecule has 0 N–H and O–H groups in total. The van der Waals surface area contributed by atoms with Crippen LogP contribution in [0.1, 0.15) is 25.6 Å². The van der Waals surface area contributed by atoms with Crippen LogP contribution >= 0.6 is 34.7 Å². The fourth-order valence-corrected chi connectivity index (χ4v) is 3.21. The predicted octanol–water partition coefficient (Wildman–Crippen LogP) is 3.32. The Hall–Kier alpha value is -0.920. The summed E-state index contributed by atoms with van der Waals surface area (Å²) in [6, 6.07) is 1.74. The van der Waals surface area contributed by atoms with E-state index in [0.29, 0.717) is 5.15 Å². The molecule has 0 spiro atoms. The lowest BCUT2D eigenvalue weighted by atomic mass is 10.2. The molecule has 0 radical (unpaired) electrons. The smallest absolute Gasteiger partial charge is 0.208 e. The zero-order valence-corrected chi connectivity index (χ0v) is 13.5. The van der Waals surface area contributed by atoms with Gasteiger partial charge in [-0.25, -0.2) is 9.97 Å². The molecule has 8 heteroatoms. The van der Waals surface area contributed by atoms with Crippen molar-refractivity contribution in [3.05, 3.63) is 17.0 Å². The Morgan fingerprint density at radius 3 is 2.58 bits per heavy atom. The molecule has 2 heterocycles. The molecule has 0 fully saturated rings. The molecular weight excluding hydrogens is 302 g/mol. The molecule has 0 aliphatic heterocycles. The van der Waals surface area contributed by atoms with Crippen molar-refractivity contribution in [2.75, 3.05) is 19.0 Å². The first-order valence-electron chi connectivity index (χ1n) is 5.69. The highest BCUT2D eigenvalue weighted by atomic mass is 35.5. The lowest BCUT2D eigenvalue weighted by Gasteiger charge is -2.06. The molecule has 2 rings (SSSR count). The second-order valence-electron chi connectivity index (χ2n) is 4.39. The monoisotopic (exact) mass is 315 g/mol. The lowest BCUT2D eigenvalue weighted by Crippen LogP contribution is -2.07. The maximum absolute atomic E-state index is 6.01. The van der Waals surface area contributed by atoms with Crippen molar-refractivity contribution in [3.8, 4) is 0 Å². The number of anilines is 1. The van der Waals surface area contributed by atoms with Gasteiger partial charge in [-0.1, -0.05) is 36.8 Å². The zero-order chi connectivity index (χ0) is 14.0. The van der Waals surface area contributed by atoms with Gasteiger partial charge in [0.2, 0.25) is 5.13 Å². The topological polar surface area (TPSA) is 54.8 Å². The van der Waals surface area contributed by atoms with E-state index in [9.17, 15) is 0 Å². The molecular formula is C11H14ClN5S2. The molecule has 5 nitrogen and oxygen atoms in total. The van der Waals surface area contributed by atoms with Crippen molar-refractivity contribution in [1.29, 1.82) is 0 Å². The third-order valence-corrected chi connectivity index (χ3v) is 4.43. The summed E-state index contributed by atoms with van der Waals surface area (Å²) in [6.07, 6.45) is 0. The number of aromatic nitrogens is 4. The molecule has 0 aliphatic rings. The van der Waals surface area contributed by atoms with Crippen molar-refractivity contribution in [2.24, 2.45) is 0 Å². The number of nitrogens with zero attached hydrogens (tertiary/aromatic N) is 5. The average molecular weight is 316 g/mol. The molecule has 0 amide bonds. The lowest BCUT2D eigenvalue weighted by molar-refractivity contribution is 0.753. The molecule has 19 heavy (non-hydrogen) atoms. The second-order valence-corrected chi connectivity index (χ2v) is 7.00. The van der Waals surface area contributed by atoms with Crippen LogP contribution in [-0.4, -0.2) is 34.3 Å². The van der Waals surface area contributed by atoms with E-state index in [4.69, 9.17) is 11.6 Å². The number of halogens is 1. The van der Waals surface area contributed by atoms with Gasteiger partial charge in [0.05, 0.1) is 0 Å². The SMILES string of the molecule is CC(C)c1nc(Cl)cc(Sc2nnc(N(C)C)s2)n1. The minimum absolute atomic E-state index is 0.241. The van der Waals surface area contributed by atoms with Crippen molar-refractivity contribution in [3.63, 3.8) is 0 Å². The van der Waals surface area contributed by atoms with E-state index in [2.05, 4.69) is 20.2 Å². The van der Waals surface area contributed by atoms with Crippen LogP contribution in [0.3, 0.4) is 0 Å². The largest absolute Gasteiger partial charge is 0.353 e. The predicted molar refractivity (Wildman–Crippen MR) is 79.5 cm³/mol. The average Bonchev–Trinajstić information content (AvgIpc) is 2.76. The van der Waals surface area contributed by atoms with Crippen LogP contribution in [0.25, 0.3) is 0 Å². The Bertz CT molecular complexity index is 570. The van der Waals surface area contributed by atoms with E-state index in [0.717, 1.165) is 20.3 Å². The van der Waals surface area contributed by atoms with Crippen LogP contribution in [0.5, 0.6) is 0 Å². The van der Waals surface area contributed by atoms with E-state index < -0.39 is 0 Å². The molecule has 102 valence electrons. The minimum Gasteiger partial charge on any atom is -0.353 e. The third kappa shape index (κ3) is 3.77. The van der Waals surface area contributed by atoms with Crippen molar-refractivity contribution in [2.45, 2.75) is 29.1 Å². The van der Waals surface area contributed by atoms with Gasteiger partial charge in [0, 0.05) is 26.1 Å². The normalized spacial score (nSPS) is 11.1. The first-order chi connectivity index (χ1) is 8.95. The maximum atomic E-state index is 6.01. The Balaban J connectivity index is 2.22. The van der Waals surface area contributed by atoms with E-state index in [1.54, 1.807) is 6.07 Å². The van der Waals surface area contributed by atoms with Gasteiger partial charge < -0.3 is 4.90 Å². The van der Waals surface area contributed by atoms with Gasteiger partial charge >= 0.3 is 0 Å². The second kappa shape index (κ2) is 6.02. The van der Waals surface area contributed by atoms with Crippen molar-refractivity contribution < 1.29 is 0 Å². The van der Waals surface area contributed by atoms with Crippen LogP contribution in [-0.2, 0) is 0 Å². The molecule has 0 saturated carbocycles. The standard InChI is InChI=1S/C11H14ClN5S2/c1-6(2)9-13-7(12)5-8(14-9)18-11-16-15-10(19-11)17(3)4/h5-6H,1-4H3. The zero-order valence-electron chi connectivity index (χ0n) is 11.1. The summed E-state index contributed by atoms with van der Waals surface area (Å²) in [5.41, 5.74) is 0. The molecule has 0 bridgehead atoms. The fourth-order valence-electron chi connectivity index (χ4n) is 1.24. The van der Waals surface area contributed by atoms with Crippen LogP contribution in [0.4, 0.5) is 5.13 Å². The Kier molecular flexibility index (Phi) is 4.59. The molecule has 0 atom stereocenters. The molecule has 0 unspecified atom stereocenters. The van der Waals surface area contributed by atoms with Gasteiger partial charge in [-0.15, -0.1) is 10.2 Å². The van der Waals surface area contributed by atoms with E-state index >= 15 is 0 Å². The van der Waals surface area contributed by atoms with Crippen LogP contribution in [0.15, 0.2) is 15.4 Å². The molecule has 0 aliphatic carbocycles. The number of hydrogen-bond donors (Lipinski definition) is 0. The highest BCUT2D eigenvalue weighted by molar-refractivity contribution is 8.01. The summed E-state index contributed by atoms with van der Waals surface area (Å²) in [5, 5.41) is 10.3. The van der Waals surface area contributed by atoms with Gasteiger partial charge in [-0.2, -0.15) is 0 Å². The Labute approximate surface area is 125 Å². The minimum atomic E-state index is 0.241. The van der Waals surface area contributed by atoms with Gasteiger partial charge in [0.25, 0.3) is 0 Å². The van der Waals surface area contributed by atoms with Crippen LogP contribution in [0, 0.1) is 0 Å². The first-order valence-corrected chi connectivity index (χ1v) is 7.70. The van der Waals surface area contributed by atoms with Crippen molar-refractivity contribution in [1.82, 2.24) is 20.2 Å². The quantitative estimate of drug-likeness (QED) is 0.807. The summed E-state index contributed by atoms with van der Waals surface area (Å²) in [7, 11) is 3.88. The van der Waals surface area contributed by atoms with E-state index in [1.807, 2.05) is 32.8 Å². The summed E-state index contributed by atoms with van der Waals surface area (Å²) in [5.74, 6) is 0.983. The number of rotatable bonds is 4. The molecule has 2 aromatic heterocycles. The number of hydrogen-bond acceptors (Lipinski definition) is 7. The highest BCUT2D eigenvalue weighted by Crippen LogP contribution is 2.32.